The van der Waals surface area contributed by atoms with Crippen LogP contribution < -0.4 is 9.47 Å². The molecule has 1 aromatic heterocycles. The molecule has 192 valence electrons. The number of hydrogen-bond donors (Lipinski definition) is 0. The summed E-state index contributed by atoms with van der Waals surface area (Å²) < 4.78 is 12.6. The topological polar surface area (TPSA) is 69.5 Å². The Kier molecular flexibility index (Phi) is 8.74. The quantitative estimate of drug-likeness (QED) is 0.242. The van der Waals surface area contributed by atoms with Gasteiger partial charge in [-0.25, -0.2) is 0 Å². The van der Waals surface area contributed by atoms with Crippen LogP contribution in [-0.4, -0.2) is 59.1 Å². The summed E-state index contributed by atoms with van der Waals surface area (Å²) in [5.74, 6) is 2.28. The number of methoxy groups -OCH3 is 2. The van der Waals surface area contributed by atoms with Gasteiger partial charge in [-0.3, -0.25) is 9.36 Å². The zero-order valence-electron chi connectivity index (χ0n) is 21.3. The normalized spacial score (nSPS) is 10.8. The number of benzene rings is 3. The van der Waals surface area contributed by atoms with E-state index < -0.39 is 0 Å². The fraction of sp³-hybridized carbons (Fsp3) is 0.250. The molecule has 0 saturated carbocycles. The minimum Gasteiger partial charge on any atom is -0.493 e. The molecule has 4 rings (SSSR count). The van der Waals surface area contributed by atoms with Crippen molar-refractivity contribution in [2.75, 3.05) is 33.6 Å². The maximum atomic E-state index is 13.0. The smallest absolute Gasteiger partial charge is 0.232 e. The summed E-state index contributed by atoms with van der Waals surface area (Å²) in [6.45, 7) is 2.62. The molecule has 0 spiro atoms. The van der Waals surface area contributed by atoms with Gasteiger partial charge in [0.1, 0.15) is 0 Å². The standard InChI is InChI=1S/C28H29ClN4O3S/c1-19-8-11-21(12-9-19)27-30-31-28(33(27)23-7-5-6-22(29)17-23)37-18-26(34)32(2)15-14-20-10-13-24(35-3)25(16-20)36-4/h5-13,16-17H,14-15,18H2,1-4H3. The number of likely N-dealkylation sites (N-methyl/N-ethyl adjacent to an activating group) is 1. The van der Waals surface area contributed by atoms with Gasteiger partial charge in [-0.2, -0.15) is 0 Å². The third kappa shape index (κ3) is 6.45. The number of ether oxygens (including phenoxy) is 2. The number of rotatable bonds is 10. The zero-order chi connectivity index (χ0) is 26.4. The highest BCUT2D eigenvalue weighted by molar-refractivity contribution is 7.99. The summed E-state index contributed by atoms with van der Waals surface area (Å²) in [5.41, 5.74) is 4.00. The first kappa shape index (κ1) is 26.6. The molecule has 7 nitrogen and oxygen atoms in total. The van der Waals surface area contributed by atoms with E-state index in [4.69, 9.17) is 21.1 Å². The van der Waals surface area contributed by atoms with E-state index >= 15 is 0 Å². The number of amides is 1. The second-order valence-electron chi connectivity index (χ2n) is 8.53. The fourth-order valence-electron chi connectivity index (χ4n) is 3.80. The van der Waals surface area contributed by atoms with Crippen LogP contribution >= 0.6 is 23.4 Å². The summed E-state index contributed by atoms with van der Waals surface area (Å²) in [5, 5.41) is 10.1. The van der Waals surface area contributed by atoms with Crippen LogP contribution in [-0.2, 0) is 11.2 Å². The number of halogens is 1. The average Bonchev–Trinajstić information content (AvgIpc) is 3.34. The Balaban J connectivity index is 1.47. The van der Waals surface area contributed by atoms with E-state index in [1.54, 1.807) is 19.1 Å². The van der Waals surface area contributed by atoms with E-state index in [1.165, 1.54) is 11.8 Å². The Morgan fingerprint density at radius 3 is 2.46 bits per heavy atom. The monoisotopic (exact) mass is 536 g/mol. The molecule has 1 amide bonds. The van der Waals surface area contributed by atoms with Crippen LogP contribution in [0.25, 0.3) is 17.1 Å². The first-order chi connectivity index (χ1) is 17.9. The van der Waals surface area contributed by atoms with Crippen LogP contribution in [0.1, 0.15) is 11.1 Å². The number of aromatic nitrogens is 3. The third-order valence-electron chi connectivity index (χ3n) is 5.94. The molecule has 0 radical (unpaired) electrons. The van der Waals surface area contributed by atoms with Crippen LogP contribution in [0.15, 0.2) is 71.9 Å². The van der Waals surface area contributed by atoms with Crippen LogP contribution in [0.3, 0.4) is 0 Å². The van der Waals surface area contributed by atoms with Crippen LogP contribution in [0.4, 0.5) is 0 Å². The van der Waals surface area contributed by atoms with E-state index in [9.17, 15) is 4.79 Å². The Labute approximate surface area is 226 Å². The van der Waals surface area contributed by atoms with Crippen molar-refractivity contribution in [1.82, 2.24) is 19.7 Å². The molecule has 37 heavy (non-hydrogen) atoms. The number of carbonyl (C=O) groups is 1. The lowest BCUT2D eigenvalue weighted by molar-refractivity contribution is -0.127. The number of aryl methyl sites for hydroxylation is 1. The van der Waals surface area contributed by atoms with Crippen molar-refractivity contribution in [3.63, 3.8) is 0 Å². The van der Waals surface area contributed by atoms with E-state index in [0.717, 1.165) is 22.4 Å². The molecule has 0 atom stereocenters. The lowest BCUT2D eigenvalue weighted by Gasteiger charge is -2.18. The average molecular weight is 537 g/mol. The molecule has 0 aliphatic heterocycles. The minimum absolute atomic E-state index is 0.00278. The maximum absolute atomic E-state index is 13.0. The molecule has 0 unspecified atom stereocenters. The van der Waals surface area contributed by atoms with Crippen molar-refractivity contribution in [2.24, 2.45) is 0 Å². The molecular weight excluding hydrogens is 508 g/mol. The second kappa shape index (κ2) is 12.2. The second-order valence-corrected chi connectivity index (χ2v) is 9.91. The van der Waals surface area contributed by atoms with Crippen LogP contribution in [0, 0.1) is 6.92 Å². The Hall–Kier alpha value is -3.49. The molecule has 0 saturated heterocycles. The largest absolute Gasteiger partial charge is 0.493 e. The summed E-state index contributed by atoms with van der Waals surface area (Å²) >= 11 is 7.64. The molecule has 0 aliphatic rings. The molecule has 9 heteroatoms. The van der Waals surface area contributed by atoms with E-state index in [2.05, 4.69) is 10.2 Å². The highest BCUT2D eigenvalue weighted by Gasteiger charge is 2.19. The molecule has 0 fully saturated rings. The van der Waals surface area contributed by atoms with Crippen molar-refractivity contribution < 1.29 is 14.3 Å². The van der Waals surface area contributed by atoms with E-state index in [-0.39, 0.29) is 11.7 Å². The van der Waals surface area contributed by atoms with Gasteiger partial charge in [0.15, 0.2) is 22.5 Å². The van der Waals surface area contributed by atoms with Gasteiger partial charge in [-0.15, -0.1) is 10.2 Å². The van der Waals surface area contributed by atoms with Crippen molar-refractivity contribution in [2.45, 2.75) is 18.5 Å². The molecule has 3 aromatic carbocycles. The van der Waals surface area contributed by atoms with E-state index in [0.29, 0.717) is 40.5 Å². The summed E-state index contributed by atoms with van der Waals surface area (Å²) in [7, 11) is 5.03. The SMILES string of the molecule is COc1ccc(CCN(C)C(=O)CSc2nnc(-c3ccc(C)cc3)n2-c2cccc(Cl)c2)cc1OC. The van der Waals surface area contributed by atoms with Gasteiger partial charge < -0.3 is 14.4 Å². The van der Waals surface area contributed by atoms with Crippen molar-refractivity contribution >= 4 is 29.3 Å². The highest BCUT2D eigenvalue weighted by atomic mass is 35.5. The number of carbonyl (C=O) groups excluding carboxylic acids is 1. The van der Waals surface area contributed by atoms with Gasteiger partial charge in [0.25, 0.3) is 0 Å². The number of thioether (sulfide) groups is 1. The molecule has 0 bridgehead atoms. The van der Waals surface area contributed by atoms with E-state index in [1.807, 2.05) is 85.3 Å². The van der Waals surface area contributed by atoms with Gasteiger partial charge in [0, 0.05) is 24.2 Å². The predicted molar refractivity (Wildman–Crippen MR) is 148 cm³/mol. The summed E-state index contributed by atoms with van der Waals surface area (Å²) in [4.78, 5) is 14.7. The van der Waals surface area contributed by atoms with Gasteiger partial charge >= 0.3 is 0 Å². The number of hydrogen-bond acceptors (Lipinski definition) is 6. The molecule has 0 aliphatic carbocycles. The molecule has 1 heterocycles. The van der Waals surface area contributed by atoms with Gasteiger partial charge in [0.2, 0.25) is 5.91 Å². The van der Waals surface area contributed by atoms with Gasteiger partial charge in [0.05, 0.1) is 25.7 Å². The fourth-order valence-corrected chi connectivity index (χ4v) is 4.87. The Morgan fingerprint density at radius 2 is 1.76 bits per heavy atom. The van der Waals surface area contributed by atoms with Crippen molar-refractivity contribution in [3.8, 4) is 28.6 Å². The minimum atomic E-state index is 0.00278. The first-order valence-electron chi connectivity index (χ1n) is 11.8. The van der Waals surface area contributed by atoms with Gasteiger partial charge in [-0.1, -0.05) is 65.3 Å². The lowest BCUT2D eigenvalue weighted by Crippen LogP contribution is -2.30. The third-order valence-corrected chi connectivity index (χ3v) is 7.09. The predicted octanol–water partition coefficient (Wildman–Crippen LogP) is 5.71. The summed E-state index contributed by atoms with van der Waals surface area (Å²) in [6, 6.07) is 21.4. The Bertz CT molecular complexity index is 1370. The highest BCUT2D eigenvalue weighted by Crippen LogP contribution is 2.30. The van der Waals surface area contributed by atoms with Crippen molar-refractivity contribution in [3.05, 3.63) is 82.9 Å². The molecule has 0 N–H and O–H groups in total. The van der Waals surface area contributed by atoms with Gasteiger partial charge in [-0.05, 0) is 49.2 Å². The van der Waals surface area contributed by atoms with Crippen molar-refractivity contribution in [1.29, 1.82) is 0 Å². The summed E-state index contributed by atoms with van der Waals surface area (Å²) in [6.07, 6.45) is 0.698. The zero-order valence-corrected chi connectivity index (χ0v) is 22.8. The maximum Gasteiger partial charge on any atom is 0.232 e. The molecular formula is C28H29ClN4O3S. The lowest BCUT2D eigenvalue weighted by atomic mass is 10.1. The number of nitrogens with zero attached hydrogens (tertiary/aromatic N) is 4. The molecule has 4 aromatic rings. The first-order valence-corrected chi connectivity index (χ1v) is 13.1. The Morgan fingerprint density at radius 1 is 1.00 bits per heavy atom. The van der Waals surface area contributed by atoms with Crippen LogP contribution in [0.5, 0.6) is 11.5 Å². The van der Waals surface area contributed by atoms with Crippen LogP contribution in [0.2, 0.25) is 5.02 Å².